The van der Waals surface area contributed by atoms with Crippen molar-refractivity contribution in [3.8, 4) is 0 Å². The summed E-state index contributed by atoms with van der Waals surface area (Å²) in [6.07, 6.45) is 2.49. The van der Waals surface area contributed by atoms with E-state index in [0.29, 0.717) is 6.42 Å². The van der Waals surface area contributed by atoms with Gasteiger partial charge in [-0.3, -0.25) is 10.2 Å². The molecule has 3 N–H and O–H groups in total. The Morgan fingerprint density at radius 1 is 1.46 bits per heavy atom. The fourth-order valence-corrected chi connectivity index (χ4v) is 1.70. The Kier molecular flexibility index (Phi) is 9.63. The predicted molar refractivity (Wildman–Crippen MR) is 55.4 cm³/mol. The maximum Gasteiger partial charge on any atom is 0.233 e. The van der Waals surface area contributed by atoms with Crippen LogP contribution in [0.4, 0.5) is 0 Å². The van der Waals surface area contributed by atoms with Crippen LogP contribution in [0.5, 0.6) is 0 Å². The number of carbonyl (C=O) groups is 1. The van der Waals surface area contributed by atoms with Gasteiger partial charge in [0.15, 0.2) is 0 Å². The summed E-state index contributed by atoms with van der Waals surface area (Å²) in [7, 11) is 1.70. The molecule has 0 aliphatic carbocycles. The summed E-state index contributed by atoms with van der Waals surface area (Å²) in [4.78, 5) is 10.7. The second kappa shape index (κ2) is 9.83. The van der Waals surface area contributed by atoms with Gasteiger partial charge in [-0.1, -0.05) is 0 Å². The highest BCUT2D eigenvalue weighted by Crippen LogP contribution is 2.05. The van der Waals surface area contributed by atoms with Gasteiger partial charge in [-0.05, 0) is 18.6 Å². The van der Waals surface area contributed by atoms with Crippen molar-refractivity contribution >= 4 is 17.7 Å². The predicted octanol–water partition coefficient (Wildman–Crippen LogP) is 0.526. The molecule has 0 saturated carbocycles. The zero-order chi connectivity index (χ0) is 9.94. The van der Waals surface area contributed by atoms with Gasteiger partial charge < -0.3 is 4.74 Å². The molecule has 0 rings (SSSR count). The molecule has 0 radical (unpaired) electrons. The first-order valence-corrected chi connectivity index (χ1v) is 5.53. The van der Waals surface area contributed by atoms with Crippen LogP contribution in [0.15, 0.2) is 0 Å². The molecule has 0 heterocycles. The number of nitrogens with two attached hydrogens (primary N) is 1. The molecule has 0 unspecified atom stereocenters. The lowest BCUT2D eigenvalue weighted by Crippen LogP contribution is -2.29. The van der Waals surface area contributed by atoms with E-state index in [4.69, 9.17) is 10.6 Å². The van der Waals surface area contributed by atoms with Crippen molar-refractivity contribution in [2.75, 3.05) is 25.2 Å². The first-order chi connectivity index (χ1) is 6.31. The summed E-state index contributed by atoms with van der Waals surface area (Å²) in [5, 5.41) is 0. The van der Waals surface area contributed by atoms with Gasteiger partial charge in [-0.15, -0.1) is 0 Å². The number of rotatable bonds is 8. The highest BCUT2D eigenvalue weighted by molar-refractivity contribution is 7.99. The third-order valence-electron chi connectivity index (χ3n) is 1.54. The lowest BCUT2D eigenvalue weighted by molar-refractivity contribution is -0.121. The lowest BCUT2D eigenvalue weighted by atomic mass is 10.2. The van der Waals surface area contributed by atoms with Crippen molar-refractivity contribution in [3.05, 3.63) is 0 Å². The van der Waals surface area contributed by atoms with E-state index in [9.17, 15) is 4.79 Å². The third-order valence-corrected chi connectivity index (χ3v) is 2.57. The van der Waals surface area contributed by atoms with Crippen molar-refractivity contribution in [2.24, 2.45) is 5.84 Å². The molecule has 0 aromatic carbocycles. The smallest absolute Gasteiger partial charge is 0.233 e. The van der Waals surface area contributed by atoms with Crippen molar-refractivity contribution in [1.29, 1.82) is 0 Å². The van der Waals surface area contributed by atoms with E-state index in [1.165, 1.54) is 0 Å². The van der Waals surface area contributed by atoms with Gasteiger partial charge in [0, 0.05) is 19.3 Å². The van der Waals surface area contributed by atoms with Gasteiger partial charge in [0.05, 0.1) is 6.61 Å². The number of amides is 1. The molecule has 0 bridgehead atoms. The summed E-state index contributed by atoms with van der Waals surface area (Å²) in [5.41, 5.74) is 2.11. The van der Waals surface area contributed by atoms with Crippen LogP contribution in [-0.4, -0.2) is 31.1 Å². The highest BCUT2D eigenvalue weighted by atomic mass is 32.2. The molecule has 78 valence electrons. The Balaban J connectivity index is 2.95. The standard InChI is InChI=1S/C8H18N2O2S/c1-12-5-7-13-6-3-2-4-8(11)10-9/h2-7,9H2,1H3,(H,10,11). The van der Waals surface area contributed by atoms with Crippen LogP contribution in [0.1, 0.15) is 19.3 Å². The summed E-state index contributed by atoms with van der Waals surface area (Å²) < 4.78 is 4.90. The normalized spacial score (nSPS) is 10.0. The Labute approximate surface area is 83.6 Å². The van der Waals surface area contributed by atoms with E-state index in [0.717, 1.165) is 31.0 Å². The highest BCUT2D eigenvalue weighted by Gasteiger charge is 1.97. The number of hydrogen-bond acceptors (Lipinski definition) is 4. The molecule has 1 amide bonds. The fraction of sp³-hybridized carbons (Fsp3) is 0.875. The molecule has 13 heavy (non-hydrogen) atoms. The SMILES string of the molecule is COCCSCCCCC(=O)NN. The number of methoxy groups -OCH3 is 1. The van der Waals surface area contributed by atoms with Crippen LogP contribution >= 0.6 is 11.8 Å². The summed E-state index contributed by atoms with van der Waals surface area (Å²) in [6.45, 7) is 0.800. The summed E-state index contributed by atoms with van der Waals surface area (Å²) in [6, 6.07) is 0. The summed E-state index contributed by atoms with van der Waals surface area (Å²) in [5.74, 6) is 6.96. The van der Waals surface area contributed by atoms with Crippen molar-refractivity contribution in [1.82, 2.24) is 5.43 Å². The maximum atomic E-state index is 10.7. The van der Waals surface area contributed by atoms with Crippen molar-refractivity contribution in [3.63, 3.8) is 0 Å². The van der Waals surface area contributed by atoms with Crippen LogP contribution in [0.3, 0.4) is 0 Å². The zero-order valence-corrected chi connectivity index (χ0v) is 8.86. The molecule has 5 heteroatoms. The molecular weight excluding hydrogens is 188 g/mol. The number of nitrogens with one attached hydrogen (secondary N) is 1. The summed E-state index contributed by atoms with van der Waals surface area (Å²) >= 11 is 1.85. The fourth-order valence-electron chi connectivity index (χ4n) is 0.806. The maximum absolute atomic E-state index is 10.7. The van der Waals surface area contributed by atoms with Gasteiger partial charge in [-0.2, -0.15) is 11.8 Å². The average molecular weight is 206 g/mol. The number of carbonyl (C=O) groups excluding carboxylic acids is 1. The number of ether oxygens (including phenoxy) is 1. The minimum atomic E-state index is -0.0816. The van der Waals surface area contributed by atoms with Gasteiger partial charge in [0.25, 0.3) is 0 Å². The molecule has 0 spiro atoms. The first kappa shape index (κ1) is 12.7. The Morgan fingerprint density at radius 2 is 2.23 bits per heavy atom. The number of hydrazine groups is 1. The molecule has 0 atom stereocenters. The second-order valence-corrected chi connectivity index (χ2v) is 3.85. The average Bonchev–Trinajstić information content (AvgIpc) is 2.16. The van der Waals surface area contributed by atoms with Gasteiger partial charge >= 0.3 is 0 Å². The van der Waals surface area contributed by atoms with E-state index in [1.54, 1.807) is 7.11 Å². The van der Waals surface area contributed by atoms with Crippen LogP contribution in [0, 0.1) is 0 Å². The monoisotopic (exact) mass is 206 g/mol. The van der Waals surface area contributed by atoms with Crippen LogP contribution in [0.25, 0.3) is 0 Å². The first-order valence-electron chi connectivity index (χ1n) is 4.37. The third kappa shape index (κ3) is 9.66. The molecule has 0 aliphatic rings. The van der Waals surface area contributed by atoms with Gasteiger partial charge in [0.2, 0.25) is 5.91 Å². The van der Waals surface area contributed by atoms with Crippen LogP contribution in [0.2, 0.25) is 0 Å². The largest absolute Gasteiger partial charge is 0.384 e. The van der Waals surface area contributed by atoms with E-state index in [-0.39, 0.29) is 5.91 Å². The van der Waals surface area contributed by atoms with Crippen molar-refractivity contribution in [2.45, 2.75) is 19.3 Å². The van der Waals surface area contributed by atoms with E-state index >= 15 is 0 Å². The van der Waals surface area contributed by atoms with E-state index in [2.05, 4.69) is 5.43 Å². The van der Waals surface area contributed by atoms with Crippen LogP contribution < -0.4 is 11.3 Å². The van der Waals surface area contributed by atoms with E-state index < -0.39 is 0 Å². The number of hydrogen-bond donors (Lipinski definition) is 2. The number of unbranched alkanes of at least 4 members (excludes halogenated alkanes) is 1. The number of thioether (sulfide) groups is 1. The Bertz CT molecular complexity index is 133. The lowest BCUT2D eigenvalue weighted by Gasteiger charge is -2.00. The molecule has 0 fully saturated rings. The van der Waals surface area contributed by atoms with Gasteiger partial charge in [-0.25, -0.2) is 5.84 Å². The Morgan fingerprint density at radius 3 is 2.85 bits per heavy atom. The zero-order valence-electron chi connectivity index (χ0n) is 8.04. The Hall–Kier alpha value is -0.260. The van der Waals surface area contributed by atoms with E-state index in [1.807, 2.05) is 11.8 Å². The minimum absolute atomic E-state index is 0.0816. The molecular formula is C8H18N2O2S. The molecule has 0 aliphatic heterocycles. The minimum Gasteiger partial charge on any atom is -0.384 e. The quantitative estimate of drug-likeness (QED) is 0.263. The van der Waals surface area contributed by atoms with Gasteiger partial charge in [0.1, 0.15) is 0 Å². The molecule has 0 aromatic rings. The molecule has 0 saturated heterocycles. The topological polar surface area (TPSA) is 64.3 Å². The van der Waals surface area contributed by atoms with Crippen molar-refractivity contribution < 1.29 is 9.53 Å². The molecule has 4 nitrogen and oxygen atoms in total. The second-order valence-electron chi connectivity index (χ2n) is 2.63. The molecule has 0 aromatic heterocycles. The van der Waals surface area contributed by atoms with Crippen LogP contribution in [-0.2, 0) is 9.53 Å².